The summed E-state index contributed by atoms with van der Waals surface area (Å²) in [7, 11) is 0. The molecule has 12 aromatic carbocycles. The number of benzene rings is 12. The second-order valence-corrected chi connectivity index (χ2v) is 29.3. The quantitative estimate of drug-likeness (QED) is 0.0997. The minimum Gasteiger partial charge on any atom is -0.294 e. The molecular formula is C106H69N17. The maximum Gasteiger partial charge on any atom is 0.182 e. The first-order valence-electron chi connectivity index (χ1n) is 40.4. The fourth-order valence-corrected chi connectivity index (χ4v) is 15.8. The van der Waals surface area contributed by atoms with E-state index in [9.17, 15) is 0 Å². The normalized spacial score (nSPS) is 11.3. The van der Waals surface area contributed by atoms with Crippen LogP contribution in [0.15, 0.2) is 419 Å². The molecule has 0 radical (unpaired) electrons. The highest BCUT2D eigenvalue weighted by molar-refractivity contribution is 6.11. The molecule has 23 rings (SSSR count). The van der Waals surface area contributed by atoms with E-state index in [0.29, 0.717) is 63.8 Å². The number of hydrogen-bond donors (Lipinski definition) is 0. The molecule has 0 saturated heterocycles. The molecule has 23 aromatic rings. The fourth-order valence-electron chi connectivity index (χ4n) is 15.8. The van der Waals surface area contributed by atoms with Crippen LogP contribution in [0.4, 0.5) is 0 Å². The Balaban J connectivity index is 0.000000114. The van der Waals surface area contributed by atoms with Gasteiger partial charge in [0.25, 0.3) is 0 Å². The molecule has 11 aromatic heterocycles. The lowest BCUT2D eigenvalue weighted by Gasteiger charge is -2.10. The van der Waals surface area contributed by atoms with Crippen LogP contribution in [0.1, 0.15) is 0 Å². The van der Waals surface area contributed by atoms with Gasteiger partial charge in [-0.25, -0.2) is 59.8 Å². The van der Waals surface area contributed by atoms with Gasteiger partial charge in [0, 0.05) is 119 Å². The van der Waals surface area contributed by atoms with Crippen molar-refractivity contribution in [3.8, 4) is 142 Å². The van der Waals surface area contributed by atoms with Crippen LogP contribution in [-0.2, 0) is 0 Å². The number of nitrogens with zero attached hydrogens (tertiary/aromatic N) is 17. The second-order valence-electron chi connectivity index (χ2n) is 29.3. The van der Waals surface area contributed by atoms with Crippen LogP contribution in [0.25, 0.3) is 208 Å². The van der Waals surface area contributed by atoms with Crippen molar-refractivity contribution in [2.45, 2.75) is 0 Å². The Morgan fingerprint density at radius 3 is 0.829 bits per heavy atom. The average molecular weight is 1580 g/mol. The Hall–Kier alpha value is -17.2. The molecule has 0 amide bonds. The van der Waals surface area contributed by atoms with E-state index in [1.54, 1.807) is 12.4 Å². The number of pyridine rings is 5. The zero-order chi connectivity index (χ0) is 81.8. The topological polar surface area (TPSA) is 195 Å². The molecule has 0 aliphatic rings. The molecule has 17 heteroatoms. The third kappa shape index (κ3) is 14.7. The maximum absolute atomic E-state index is 4.93. The Morgan fingerprint density at radius 2 is 0.415 bits per heavy atom. The molecule has 0 spiro atoms. The molecule has 0 atom stereocenters. The fraction of sp³-hybridized carbons (Fsp3) is 0. The zero-order valence-electron chi connectivity index (χ0n) is 65.9. The first-order valence-corrected chi connectivity index (χ1v) is 40.4. The molecule has 11 heterocycles. The maximum atomic E-state index is 4.93. The minimum absolute atomic E-state index is 0.502. The van der Waals surface area contributed by atoms with Gasteiger partial charge in [-0.05, 0) is 168 Å². The molecule has 0 fully saturated rings. The predicted molar refractivity (Wildman–Crippen MR) is 491 cm³/mol. The van der Waals surface area contributed by atoms with Crippen molar-refractivity contribution in [3.05, 3.63) is 419 Å². The van der Waals surface area contributed by atoms with Crippen molar-refractivity contribution in [1.82, 2.24) is 83.5 Å². The van der Waals surface area contributed by atoms with E-state index in [1.807, 2.05) is 219 Å². The van der Waals surface area contributed by atoms with Crippen LogP contribution in [0.5, 0.6) is 0 Å². The highest BCUT2D eigenvalue weighted by Gasteiger charge is 2.22. The van der Waals surface area contributed by atoms with Gasteiger partial charge in [0.15, 0.2) is 52.4 Å². The summed E-state index contributed by atoms with van der Waals surface area (Å²) in [6.07, 6.45) is 9.00. The summed E-state index contributed by atoms with van der Waals surface area (Å²) in [5.74, 6) is 5.46. The van der Waals surface area contributed by atoms with Crippen LogP contribution in [0.2, 0.25) is 0 Å². The number of rotatable bonds is 14. The van der Waals surface area contributed by atoms with Crippen molar-refractivity contribution >= 4 is 65.8 Å². The summed E-state index contributed by atoms with van der Waals surface area (Å²) in [4.78, 5) is 66.5. The number of hydrogen-bond acceptors (Lipinski definition) is 14. The van der Waals surface area contributed by atoms with Gasteiger partial charge in [-0.3, -0.25) is 23.7 Å². The van der Waals surface area contributed by atoms with Gasteiger partial charge < -0.3 is 0 Å². The van der Waals surface area contributed by atoms with E-state index >= 15 is 0 Å². The van der Waals surface area contributed by atoms with Crippen LogP contribution in [-0.4, -0.2) is 83.5 Å². The summed E-state index contributed by atoms with van der Waals surface area (Å²) >= 11 is 0. The number of para-hydroxylation sites is 3. The zero-order valence-corrected chi connectivity index (χ0v) is 65.9. The van der Waals surface area contributed by atoms with Gasteiger partial charge in [-0.2, -0.15) is 0 Å². The molecular weight excluding hydrogens is 1510 g/mol. The van der Waals surface area contributed by atoms with Gasteiger partial charge in [0.05, 0.1) is 16.6 Å². The van der Waals surface area contributed by atoms with E-state index < -0.39 is 0 Å². The summed E-state index contributed by atoms with van der Waals surface area (Å²) in [6.45, 7) is 0. The molecule has 17 nitrogen and oxygen atoms in total. The van der Waals surface area contributed by atoms with Crippen LogP contribution in [0, 0.1) is 0 Å². The number of aromatic nitrogens is 17. The van der Waals surface area contributed by atoms with E-state index in [-0.39, 0.29) is 0 Å². The molecule has 123 heavy (non-hydrogen) atoms. The van der Waals surface area contributed by atoms with Gasteiger partial charge in [-0.15, -0.1) is 0 Å². The van der Waals surface area contributed by atoms with Crippen molar-refractivity contribution < 1.29 is 0 Å². The lowest BCUT2D eigenvalue weighted by atomic mass is 10.0. The minimum atomic E-state index is 0.502. The van der Waals surface area contributed by atoms with E-state index in [1.165, 1.54) is 10.8 Å². The molecule has 0 unspecified atom stereocenters. The lowest BCUT2D eigenvalue weighted by molar-refractivity contribution is 1.04. The third-order valence-electron chi connectivity index (χ3n) is 21.7. The molecule has 0 saturated carbocycles. The van der Waals surface area contributed by atoms with Gasteiger partial charge >= 0.3 is 0 Å². The molecule has 0 aliphatic heterocycles. The van der Waals surface area contributed by atoms with Crippen molar-refractivity contribution in [3.63, 3.8) is 0 Å². The largest absolute Gasteiger partial charge is 0.294 e. The monoisotopic (exact) mass is 1580 g/mol. The Labute approximate surface area is 706 Å². The Bertz CT molecular complexity index is 7530. The van der Waals surface area contributed by atoms with Gasteiger partial charge in [-0.1, -0.05) is 243 Å². The van der Waals surface area contributed by atoms with Crippen LogP contribution < -0.4 is 0 Å². The second kappa shape index (κ2) is 32.7. The first-order chi connectivity index (χ1) is 61.0. The first kappa shape index (κ1) is 73.4. The molecule has 0 bridgehead atoms. The van der Waals surface area contributed by atoms with Gasteiger partial charge in [0.2, 0.25) is 0 Å². The van der Waals surface area contributed by atoms with Crippen LogP contribution in [0.3, 0.4) is 0 Å². The van der Waals surface area contributed by atoms with E-state index in [2.05, 4.69) is 222 Å². The predicted octanol–water partition coefficient (Wildman–Crippen LogP) is 24.2. The Kier molecular flexibility index (Phi) is 19.5. The SMILES string of the molecule is c1ccc(-c2nc(-c3ccc(-n4c5ccccc5c5cccnc54)cc3)nc(-c3ccccn3)n2)nc1.c1ccc(-c2nc(-c3ccccc3)nc(-c3ccc(-c4ccc5c(c4)c4cccnc4n5-c4ccccc4)cc3)n2)cc1.c1ccc(-c2nc(-c3ccccc3)nc(-c3cccc(-c4ccc5c(c4)c4cccnc4n5-c4ccccc4)c3)n2)cc1. The lowest BCUT2D eigenvalue weighted by Crippen LogP contribution is -2.02. The highest BCUT2D eigenvalue weighted by atomic mass is 15.1. The van der Waals surface area contributed by atoms with E-state index in [4.69, 9.17) is 49.8 Å². The summed E-state index contributed by atoms with van der Waals surface area (Å²) < 4.78 is 6.64. The molecule has 578 valence electrons. The summed E-state index contributed by atoms with van der Waals surface area (Å²) in [5, 5.41) is 6.88. The van der Waals surface area contributed by atoms with E-state index in [0.717, 1.165) is 133 Å². The summed E-state index contributed by atoms with van der Waals surface area (Å²) in [5.41, 5.74) is 21.8. The molecule has 0 N–H and O–H groups in total. The molecule has 0 aliphatic carbocycles. The van der Waals surface area contributed by atoms with Crippen molar-refractivity contribution in [2.24, 2.45) is 0 Å². The third-order valence-corrected chi connectivity index (χ3v) is 21.7. The standard InChI is InChI=1S/2C38H25N5.C30H19N7/c1-4-12-26(13-5-1)35-40-36(27-14-6-2-7-15-27)42-37(41-35)30-17-10-16-28(24-30)29-21-22-34-33(25-29)32-20-11-23-39-38(32)43(34)31-18-8-3-9-19-31;1-4-11-27(12-5-1)35-40-36(28-13-6-2-7-14-28)42-37(41-35)29-20-18-26(19-21-29)30-22-23-34-33(25-30)32-17-10-24-39-38(32)43(34)31-15-8-3-9-16-31;1-2-12-26-22(8-1)23-9-7-19-33-30(23)37(26)21-15-13-20(14-16-21)27-34-28(24-10-3-5-17-31-24)36-29(35-27)25-11-4-6-18-32-25/h2*1-25H;1-19H. The smallest absolute Gasteiger partial charge is 0.182 e. The highest BCUT2D eigenvalue weighted by Crippen LogP contribution is 2.40. The number of fused-ring (bicyclic) bond motifs is 9. The average Bonchev–Trinajstić information content (AvgIpc) is 1.69. The summed E-state index contributed by atoms with van der Waals surface area (Å²) in [6, 6.07) is 131. The van der Waals surface area contributed by atoms with Crippen molar-refractivity contribution in [1.29, 1.82) is 0 Å². The van der Waals surface area contributed by atoms with Crippen LogP contribution >= 0.6 is 0 Å². The van der Waals surface area contributed by atoms with Gasteiger partial charge in [0.1, 0.15) is 28.3 Å². The Morgan fingerprint density at radius 1 is 0.146 bits per heavy atom. The van der Waals surface area contributed by atoms with Crippen molar-refractivity contribution in [2.75, 3.05) is 0 Å².